The lowest BCUT2D eigenvalue weighted by atomic mass is 10.3. The van der Waals surface area contributed by atoms with Gasteiger partial charge in [-0.1, -0.05) is 11.6 Å². The SMILES string of the molecule is CCOCCNCCOc1ccc(F)c(Cl)c1. The fraction of sp³-hybridized carbons (Fsp3) is 0.500. The first-order valence-electron chi connectivity index (χ1n) is 5.60. The molecule has 5 heteroatoms. The van der Waals surface area contributed by atoms with Crippen molar-refractivity contribution in [2.24, 2.45) is 0 Å². The Balaban J connectivity index is 2.11. The molecule has 0 radical (unpaired) electrons. The van der Waals surface area contributed by atoms with Crippen molar-refractivity contribution in [3.05, 3.63) is 29.0 Å². The van der Waals surface area contributed by atoms with Crippen molar-refractivity contribution >= 4 is 11.6 Å². The van der Waals surface area contributed by atoms with E-state index in [4.69, 9.17) is 21.1 Å². The maximum Gasteiger partial charge on any atom is 0.142 e. The van der Waals surface area contributed by atoms with Crippen LogP contribution in [0.3, 0.4) is 0 Å². The van der Waals surface area contributed by atoms with E-state index in [-0.39, 0.29) is 5.02 Å². The third-order valence-electron chi connectivity index (χ3n) is 2.07. The number of hydrogen-bond acceptors (Lipinski definition) is 3. The van der Waals surface area contributed by atoms with E-state index in [0.29, 0.717) is 25.5 Å². The van der Waals surface area contributed by atoms with E-state index in [1.807, 2.05) is 6.92 Å². The summed E-state index contributed by atoms with van der Waals surface area (Å²) in [5, 5.41) is 3.24. The van der Waals surface area contributed by atoms with Crippen LogP contribution in [-0.2, 0) is 4.74 Å². The highest BCUT2D eigenvalue weighted by Crippen LogP contribution is 2.20. The molecule has 0 saturated carbocycles. The van der Waals surface area contributed by atoms with Crippen molar-refractivity contribution in [3.63, 3.8) is 0 Å². The predicted molar refractivity (Wildman–Crippen MR) is 66.3 cm³/mol. The van der Waals surface area contributed by atoms with Gasteiger partial charge in [-0.05, 0) is 19.1 Å². The van der Waals surface area contributed by atoms with Gasteiger partial charge in [0, 0.05) is 25.8 Å². The summed E-state index contributed by atoms with van der Waals surface area (Å²) in [5.41, 5.74) is 0. The third-order valence-corrected chi connectivity index (χ3v) is 2.36. The van der Waals surface area contributed by atoms with Crippen LogP contribution in [0.5, 0.6) is 5.75 Å². The van der Waals surface area contributed by atoms with Crippen LogP contribution in [0, 0.1) is 5.82 Å². The van der Waals surface area contributed by atoms with Crippen molar-refractivity contribution in [1.29, 1.82) is 0 Å². The number of ether oxygens (including phenoxy) is 2. The molecule has 0 fully saturated rings. The zero-order chi connectivity index (χ0) is 12.5. The summed E-state index contributed by atoms with van der Waals surface area (Å²) < 4.78 is 23.4. The van der Waals surface area contributed by atoms with Crippen molar-refractivity contribution in [2.45, 2.75) is 6.92 Å². The van der Waals surface area contributed by atoms with E-state index in [1.54, 1.807) is 6.07 Å². The smallest absolute Gasteiger partial charge is 0.142 e. The van der Waals surface area contributed by atoms with Crippen LogP contribution in [0.4, 0.5) is 4.39 Å². The number of benzene rings is 1. The quantitative estimate of drug-likeness (QED) is 0.730. The molecule has 0 aliphatic rings. The second-order valence-electron chi connectivity index (χ2n) is 3.37. The highest BCUT2D eigenvalue weighted by Gasteiger charge is 2.01. The summed E-state index contributed by atoms with van der Waals surface area (Å²) >= 11 is 5.62. The molecule has 1 aromatic carbocycles. The highest BCUT2D eigenvalue weighted by atomic mass is 35.5. The molecule has 1 N–H and O–H groups in total. The van der Waals surface area contributed by atoms with Crippen LogP contribution < -0.4 is 10.1 Å². The molecule has 0 aliphatic carbocycles. The molecule has 0 atom stereocenters. The lowest BCUT2D eigenvalue weighted by molar-refractivity contribution is 0.148. The van der Waals surface area contributed by atoms with Gasteiger partial charge in [-0.15, -0.1) is 0 Å². The zero-order valence-electron chi connectivity index (χ0n) is 9.84. The van der Waals surface area contributed by atoms with Crippen molar-refractivity contribution in [2.75, 3.05) is 32.9 Å². The summed E-state index contributed by atoms with van der Waals surface area (Å²) in [5.74, 6) is 0.136. The molecule has 0 heterocycles. The van der Waals surface area contributed by atoms with Gasteiger partial charge >= 0.3 is 0 Å². The first-order valence-corrected chi connectivity index (χ1v) is 5.98. The number of halogens is 2. The minimum Gasteiger partial charge on any atom is -0.492 e. The topological polar surface area (TPSA) is 30.5 Å². The van der Waals surface area contributed by atoms with Crippen LogP contribution in [0.1, 0.15) is 6.92 Å². The Morgan fingerprint density at radius 2 is 2.06 bits per heavy atom. The van der Waals surface area contributed by atoms with E-state index in [2.05, 4.69) is 5.32 Å². The van der Waals surface area contributed by atoms with Gasteiger partial charge in [-0.2, -0.15) is 0 Å². The molecule has 0 saturated heterocycles. The molecule has 3 nitrogen and oxygen atoms in total. The molecule has 0 unspecified atom stereocenters. The van der Waals surface area contributed by atoms with E-state index >= 15 is 0 Å². The van der Waals surface area contributed by atoms with Crippen molar-refractivity contribution in [3.8, 4) is 5.75 Å². The predicted octanol–water partition coefficient (Wildman–Crippen LogP) is 2.48. The minimum absolute atomic E-state index is 0.0757. The maximum atomic E-state index is 12.8. The summed E-state index contributed by atoms with van der Waals surface area (Å²) in [6.45, 7) is 5.39. The molecule has 0 aromatic heterocycles. The van der Waals surface area contributed by atoms with Crippen LogP contribution in [0.25, 0.3) is 0 Å². The lowest BCUT2D eigenvalue weighted by Crippen LogP contribution is -2.25. The Kier molecular flexibility index (Phi) is 6.93. The number of nitrogens with one attached hydrogen (secondary N) is 1. The van der Waals surface area contributed by atoms with Crippen molar-refractivity contribution in [1.82, 2.24) is 5.32 Å². The molecule has 0 spiro atoms. The Labute approximate surface area is 106 Å². The maximum absolute atomic E-state index is 12.8. The molecule has 1 aromatic rings. The van der Waals surface area contributed by atoms with E-state index in [9.17, 15) is 4.39 Å². The van der Waals surface area contributed by atoms with Crippen LogP contribution >= 0.6 is 11.6 Å². The molecule has 17 heavy (non-hydrogen) atoms. The zero-order valence-corrected chi connectivity index (χ0v) is 10.6. The van der Waals surface area contributed by atoms with Crippen LogP contribution in [0.15, 0.2) is 18.2 Å². The van der Waals surface area contributed by atoms with E-state index < -0.39 is 5.82 Å². The van der Waals surface area contributed by atoms with E-state index in [0.717, 1.165) is 13.2 Å². The average molecular weight is 262 g/mol. The molecule has 0 amide bonds. The molecular weight excluding hydrogens is 245 g/mol. The highest BCUT2D eigenvalue weighted by molar-refractivity contribution is 6.30. The summed E-state index contributed by atoms with van der Waals surface area (Å²) in [7, 11) is 0. The molecule has 0 bridgehead atoms. The van der Waals surface area contributed by atoms with Gasteiger partial charge < -0.3 is 14.8 Å². The number of hydrogen-bond donors (Lipinski definition) is 1. The monoisotopic (exact) mass is 261 g/mol. The van der Waals surface area contributed by atoms with Crippen LogP contribution in [-0.4, -0.2) is 32.9 Å². The average Bonchev–Trinajstić information content (AvgIpc) is 2.32. The van der Waals surface area contributed by atoms with Gasteiger partial charge in [0.1, 0.15) is 18.2 Å². The summed E-state index contributed by atoms with van der Waals surface area (Å²) in [6, 6.07) is 4.32. The normalized spacial score (nSPS) is 10.5. The lowest BCUT2D eigenvalue weighted by Gasteiger charge is -2.08. The first-order chi connectivity index (χ1) is 8.24. The summed E-state index contributed by atoms with van der Waals surface area (Å²) in [4.78, 5) is 0. The van der Waals surface area contributed by atoms with Crippen LogP contribution in [0.2, 0.25) is 5.02 Å². The van der Waals surface area contributed by atoms with Gasteiger partial charge in [0.25, 0.3) is 0 Å². The largest absolute Gasteiger partial charge is 0.492 e. The molecule has 1 rings (SSSR count). The molecule has 96 valence electrons. The third kappa shape index (κ3) is 5.86. The Bertz CT molecular complexity index is 336. The first kappa shape index (κ1) is 14.2. The van der Waals surface area contributed by atoms with Crippen molar-refractivity contribution < 1.29 is 13.9 Å². The van der Waals surface area contributed by atoms with Gasteiger partial charge in [-0.3, -0.25) is 0 Å². The molecule has 0 aliphatic heterocycles. The van der Waals surface area contributed by atoms with Gasteiger partial charge in [0.05, 0.1) is 11.6 Å². The second-order valence-corrected chi connectivity index (χ2v) is 3.78. The Morgan fingerprint density at radius 3 is 2.76 bits per heavy atom. The summed E-state index contributed by atoms with van der Waals surface area (Å²) in [6.07, 6.45) is 0. The second kappa shape index (κ2) is 8.28. The molecular formula is C12H17ClFNO2. The van der Waals surface area contributed by atoms with Gasteiger partial charge in [-0.25, -0.2) is 4.39 Å². The van der Waals surface area contributed by atoms with Gasteiger partial charge in [0.15, 0.2) is 0 Å². The Hall–Kier alpha value is -0.840. The Morgan fingerprint density at radius 1 is 1.29 bits per heavy atom. The number of rotatable bonds is 8. The fourth-order valence-electron chi connectivity index (χ4n) is 1.22. The van der Waals surface area contributed by atoms with E-state index in [1.165, 1.54) is 12.1 Å². The fourth-order valence-corrected chi connectivity index (χ4v) is 1.39. The standard InChI is InChI=1S/C12H17ClFNO2/c1-2-16-7-5-15-6-8-17-10-3-4-12(14)11(13)9-10/h3-4,9,15H,2,5-8H2,1H3. The minimum atomic E-state index is -0.436. The van der Waals surface area contributed by atoms with Gasteiger partial charge in [0.2, 0.25) is 0 Å².